The average Bonchev–Trinajstić information content (AvgIpc) is 2.57. The molecule has 1 aliphatic heterocycles. The van der Waals surface area contributed by atoms with E-state index in [9.17, 15) is 4.79 Å². The van der Waals surface area contributed by atoms with E-state index in [-0.39, 0.29) is 11.9 Å². The van der Waals surface area contributed by atoms with Crippen LogP contribution in [0.2, 0.25) is 0 Å². The Balaban J connectivity index is 2.21. The lowest BCUT2D eigenvalue weighted by Gasteiger charge is -2.32. The molecule has 0 bridgehead atoms. The van der Waals surface area contributed by atoms with E-state index in [1.54, 1.807) is 6.20 Å². The second-order valence-electron chi connectivity index (χ2n) is 3.21. The minimum atomic E-state index is -0.158. The van der Waals surface area contributed by atoms with Gasteiger partial charge in [-0.3, -0.25) is 4.79 Å². The topological polar surface area (TPSA) is 71.2 Å². The normalized spacial score (nSPS) is 22.2. The minimum absolute atomic E-state index is 0.0463. The van der Waals surface area contributed by atoms with Gasteiger partial charge in [-0.1, -0.05) is 11.3 Å². The van der Waals surface area contributed by atoms with Crippen molar-refractivity contribution in [2.24, 2.45) is 0 Å². The molecule has 5 nitrogen and oxygen atoms in total. The van der Waals surface area contributed by atoms with Gasteiger partial charge in [0, 0.05) is 13.1 Å². The lowest BCUT2D eigenvalue weighted by molar-refractivity contribution is -0.122. The van der Waals surface area contributed by atoms with Crippen LogP contribution in [-0.2, 0) is 4.79 Å². The minimum Gasteiger partial charge on any atom is -0.389 e. The summed E-state index contributed by atoms with van der Waals surface area (Å²) in [7, 11) is 0. The third-order valence-electron chi connectivity index (χ3n) is 2.26. The monoisotopic (exact) mass is 212 g/mol. The van der Waals surface area contributed by atoms with Gasteiger partial charge in [0.2, 0.25) is 5.91 Å². The fourth-order valence-corrected chi connectivity index (χ4v) is 2.24. The van der Waals surface area contributed by atoms with Crippen molar-refractivity contribution in [1.82, 2.24) is 10.3 Å². The lowest BCUT2D eigenvalue weighted by Crippen LogP contribution is -2.54. The van der Waals surface area contributed by atoms with Gasteiger partial charge in [0.25, 0.3) is 0 Å². The molecule has 1 amide bonds. The van der Waals surface area contributed by atoms with Gasteiger partial charge >= 0.3 is 0 Å². The van der Waals surface area contributed by atoms with Crippen LogP contribution in [0.15, 0.2) is 6.20 Å². The van der Waals surface area contributed by atoms with Gasteiger partial charge in [0.1, 0.15) is 11.0 Å². The summed E-state index contributed by atoms with van der Waals surface area (Å²) in [6.45, 7) is 3.33. The maximum absolute atomic E-state index is 11.4. The lowest BCUT2D eigenvalue weighted by atomic mass is 10.2. The number of hydrogen-bond donors (Lipinski definition) is 2. The predicted octanol–water partition coefficient (Wildman–Crippen LogP) is 0.0500. The van der Waals surface area contributed by atoms with Crippen molar-refractivity contribution in [3.8, 4) is 0 Å². The summed E-state index contributed by atoms with van der Waals surface area (Å²) < 4.78 is 0. The Morgan fingerprint density at radius 2 is 2.57 bits per heavy atom. The first-order valence-corrected chi connectivity index (χ1v) is 5.26. The SMILES string of the molecule is CC1C(=O)NCCN1c1ncc(N)s1. The van der Waals surface area contributed by atoms with Crippen molar-refractivity contribution in [1.29, 1.82) is 0 Å². The number of anilines is 2. The molecule has 1 saturated heterocycles. The Bertz CT molecular complexity index is 351. The number of rotatable bonds is 1. The Labute approximate surface area is 85.9 Å². The summed E-state index contributed by atoms with van der Waals surface area (Å²) in [6.07, 6.45) is 1.62. The molecule has 1 aliphatic rings. The summed E-state index contributed by atoms with van der Waals surface area (Å²) in [5.74, 6) is 0.0463. The van der Waals surface area contributed by atoms with E-state index < -0.39 is 0 Å². The largest absolute Gasteiger partial charge is 0.389 e. The summed E-state index contributed by atoms with van der Waals surface area (Å²) >= 11 is 1.41. The van der Waals surface area contributed by atoms with Crippen LogP contribution in [0.5, 0.6) is 0 Å². The van der Waals surface area contributed by atoms with Gasteiger partial charge in [-0.2, -0.15) is 0 Å². The highest BCUT2D eigenvalue weighted by atomic mass is 32.1. The van der Waals surface area contributed by atoms with E-state index in [2.05, 4.69) is 10.3 Å². The van der Waals surface area contributed by atoms with E-state index in [1.165, 1.54) is 11.3 Å². The van der Waals surface area contributed by atoms with Crippen molar-refractivity contribution in [2.75, 3.05) is 23.7 Å². The second kappa shape index (κ2) is 3.45. The number of carbonyl (C=O) groups is 1. The first-order valence-electron chi connectivity index (χ1n) is 4.44. The van der Waals surface area contributed by atoms with Crippen LogP contribution in [0.3, 0.4) is 0 Å². The van der Waals surface area contributed by atoms with Crippen molar-refractivity contribution >= 4 is 27.4 Å². The van der Waals surface area contributed by atoms with E-state index in [1.807, 2.05) is 11.8 Å². The summed E-state index contributed by atoms with van der Waals surface area (Å²) in [4.78, 5) is 17.5. The molecule has 76 valence electrons. The Kier molecular flexibility index (Phi) is 2.28. The number of carbonyl (C=O) groups excluding carboxylic acids is 1. The molecule has 1 atom stereocenters. The predicted molar refractivity (Wildman–Crippen MR) is 56.3 cm³/mol. The average molecular weight is 212 g/mol. The molecule has 3 N–H and O–H groups in total. The highest BCUT2D eigenvalue weighted by molar-refractivity contribution is 7.19. The molecule has 1 fully saturated rings. The number of nitrogen functional groups attached to an aromatic ring is 1. The van der Waals surface area contributed by atoms with Crippen LogP contribution in [-0.4, -0.2) is 30.0 Å². The van der Waals surface area contributed by atoms with Gasteiger partial charge in [-0.15, -0.1) is 0 Å². The maximum Gasteiger partial charge on any atom is 0.242 e. The molecule has 0 aromatic carbocycles. The Hall–Kier alpha value is -1.30. The molecule has 14 heavy (non-hydrogen) atoms. The third kappa shape index (κ3) is 1.52. The number of nitrogens with one attached hydrogen (secondary N) is 1. The van der Waals surface area contributed by atoms with Crippen LogP contribution >= 0.6 is 11.3 Å². The fraction of sp³-hybridized carbons (Fsp3) is 0.500. The van der Waals surface area contributed by atoms with E-state index in [4.69, 9.17) is 5.73 Å². The van der Waals surface area contributed by atoms with Crippen LogP contribution in [0.1, 0.15) is 6.92 Å². The number of piperazine rings is 1. The van der Waals surface area contributed by atoms with Gasteiger partial charge in [-0.05, 0) is 6.92 Å². The number of nitrogens with two attached hydrogens (primary N) is 1. The van der Waals surface area contributed by atoms with E-state index in [0.717, 1.165) is 11.7 Å². The van der Waals surface area contributed by atoms with E-state index >= 15 is 0 Å². The fourth-order valence-electron chi connectivity index (χ4n) is 1.45. The Morgan fingerprint density at radius 1 is 1.79 bits per heavy atom. The van der Waals surface area contributed by atoms with Crippen molar-refractivity contribution in [2.45, 2.75) is 13.0 Å². The quantitative estimate of drug-likeness (QED) is 0.690. The molecule has 2 rings (SSSR count). The summed E-state index contributed by atoms with van der Waals surface area (Å²) in [5.41, 5.74) is 5.59. The van der Waals surface area contributed by atoms with Crippen molar-refractivity contribution in [3.63, 3.8) is 0 Å². The zero-order chi connectivity index (χ0) is 10.1. The van der Waals surface area contributed by atoms with Crippen LogP contribution < -0.4 is 16.0 Å². The van der Waals surface area contributed by atoms with Gasteiger partial charge in [0.05, 0.1) is 6.20 Å². The van der Waals surface area contributed by atoms with Crippen molar-refractivity contribution < 1.29 is 4.79 Å². The molecule has 1 unspecified atom stereocenters. The molecule has 6 heteroatoms. The highest BCUT2D eigenvalue weighted by Crippen LogP contribution is 2.26. The van der Waals surface area contributed by atoms with Crippen LogP contribution in [0, 0.1) is 0 Å². The summed E-state index contributed by atoms with van der Waals surface area (Å²) in [5, 5.41) is 4.31. The molecule has 1 aromatic rings. The molecular formula is C8H12N4OS. The van der Waals surface area contributed by atoms with Gasteiger partial charge < -0.3 is 16.0 Å². The smallest absolute Gasteiger partial charge is 0.242 e. The zero-order valence-corrected chi connectivity index (χ0v) is 8.67. The van der Waals surface area contributed by atoms with Gasteiger partial charge in [0.15, 0.2) is 5.13 Å². The van der Waals surface area contributed by atoms with Gasteiger partial charge in [-0.25, -0.2) is 4.98 Å². The molecule has 0 spiro atoms. The number of aromatic nitrogens is 1. The first-order chi connectivity index (χ1) is 6.68. The third-order valence-corrected chi connectivity index (χ3v) is 3.12. The van der Waals surface area contributed by atoms with Crippen molar-refractivity contribution in [3.05, 3.63) is 6.20 Å². The Morgan fingerprint density at radius 3 is 3.21 bits per heavy atom. The van der Waals surface area contributed by atoms with E-state index in [0.29, 0.717) is 11.5 Å². The number of amides is 1. The number of nitrogens with zero attached hydrogens (tertiary/aromatic N) is 2. The maximum atomic E-state index is 11.4. The standard InChI is InChI=1S/C8H12N4OS/c1-5-7(13)10-2-3-12(5)8-11-4-6(9)14-8/h4-5H,2-3,9H2,1H3,(H,10,13). The second-order valence-corrected chi connectivity index (χ2v) is 4.25. The number of thiazole rings is 1. The molecule has 0 radical (unpaired) electrons. The zero-order valence-electron chi connectivity index (χ0n) is 7.86. The number of hydrogen-bond acceptors (Lipinski definition) is 5. The molecular weight excluding hydrogens is 200 g/mol. The molecule has 0 aliphatic carbocycles. The molecule has 1 aromatic heterocycles. The first kappa shape index (κ1) is 9.26. The molecule has 2 heterocycles. The summed E-state index contributed by atoms with van der Waals surface area (Å²) in [6, 6.07) is -0.158. The van der Waals surface area contributed by atoms with Crippen LogP contribution in [0.25, 0.3) is 0 Å². The highest BCUT2D eigenvalue weighted by Gasteiger charge is 2.27. The molecule has 0 saturated carbocycles. The van der Waals surface area contributed by atoms with Crippen LogP contribution in [0.4, 0.5) is 10.1 Å².